The van der Waals surface area contributed by atoms with Crippen LogP contribution in [0.5, 0.6) is 0 Å². The summed E-state index contributed by atoms with van der Waals surface area (Å²) in [5, 5.41) is 10.6. The molecule has 0 fully saturated rings. The largest absolute Gasteiger partial charge is 0.472 e. The lowest BCUT2D eigenvalue weighted by atomic mass is 9.99. The van der Waals surface area contributed by atoms with Crippen molar-refractivity contribution in [2.45, 2.75) is 382 Å². The van der Waals surface area contributed by atoms with Crippen LogP contribution in [-0.4, -0.2) is 96.7 Å². The first-order chi connectivity index (χ1) is 44.2. The van der Waals surface area contributed by atoms with Gasteiger partial charge in [-0.05, 0) is 49.4 Å². The molecule has 0 bridgehead atoms. The predicted octanol–water partition coefficient (Wildman–Crippen LogP) is 20.9. The van der Waals surface area contributed by atoms with Gasteiger partial charge in [0.05, 0.1) is 26.4 Å². The minimum absolute atomic E-state index is 0.103. The van der Waals surface area contributed by atoms with Gasteiger partial charge in [0.25, 0.3) is 0 Å². The van der Waals surface area contributed by atoms with Crippen molar-refractivity contribution in [3.05, 3.63) is 0 Å². The SMILES string of the molecule is CCC(C)CCCCCCCCCCCCCCCCCCCCC(=O)OC[C@H](COP(=O)(O)OC[C@@H](O)COP(=O)(O)OC[C@@H](COC(=O)CCCCCCCCC(C)C)OC(=O)CCCCCCCCCCC(C)C)OC(=O)CCCCCCCCC(C)CC. The zero-order valence-corrected chi connectivity index (χ0v) is 62.0. The Morgan fingerprint density at radius 1 is 0.304 bits per heavy atom. The fourth-order valence-corrected chi connectivity index (χ4v) is 12.5. The second-order valence-corrected chi connectivity index (χ2v) is 30.7. The normalized spacial score (nSPS) is 14.8. The van der Waals surface area contributed by atoms with Gasteiger partial charge < -0.3 is 33.8 Å². The van der Waals surface area contributed by atoms with Crippen LogP contribution in [0.1, 0.15) is 364 Å². The van der Waals surface area contributed by atoms with Crippen LogP contribution in [0, 0.1) is 23.7 Å². The molecule has 7 atom stereocenters. The molecule has 0 aromatic carbocycles. The third kappa shape index (κ3) is 64.1. The molecule has 0 spiro atoms. The van der Waals surface area contributed by atoms with E-state index in [4.69, 9.17) is 37.0 Å². The van der Waals surface area contributed by atoms with Crippen LogP contribution < -0.4 is 0 Å². The molecule has 0 saturated carbocycles. The van der Waals surface area contributed by atoms with Gasteiger partial charge in [0, 0.05) is 25.7 Å². The van der Waals surface area contributed by atoms with Gasteiger partial charge in [-0.25, -0.2) is 9.13 Å². The summed E-state index contributed by atoms with van der Waals surface area (Å²) in [5.74, 6) is 0.858. The number of carbonyl (C=O) groups is 4. The Morgan fingerprint density at radius 3 is 0.772 bits per heavy atom. The number of carbonyl (C=O) groups excluding carboxylic acids is 4. The van der Waals surface area contributed by atoms with Gasteiger partial charge in [-0.3, -0.25) is 37.3 Å². The van der Waals surface area contributed by atoms with Gasteiger partial charge in [-0.1, -0.05) is 312 Å². The fraction of sp³-hybridized carbons (Fsp3) is 0.945. The van der Waals surface area contributed by atoms with Crippen molar-refractivity contribution in [3.63, 3.8) is 0 Å². The van der Waals surface area contributed by atoms with E-state index >= 15 is 0 Å². The molecule has 4 unspecified atom stereocenters. The number of aliphatic hydroxyl groups is 1. The first-order valence-corrected chi connectivity index (χ1v) is 40.8. The lowest BCUT2D eigenvalue weighted by Crippen LogP contribution is -2.30. The van der Waals surface area contributed by atoms with Crippen LogP contribution in [0.2, 0.25) is 0 Å². The molecule has 19 heteroatoms. The van der Waals surface area contributed by atoms with Gasteiger partial charge in [0.1, 0.15) is 19.3 Å². The van der Waals surface area contributed by atoms with Crippen molar-refractivity contribution in [3.8, 4) is 0 Å². The molecule has 92 heavy (non-hydrogen) atoms. The molecule has 3 N–H and O–H groups in total. The van der Waals surface area contributed by atoms with Gasteiger partial charge >= 0.3 is 39.5 Å². The lowest BCUT2D eigenvalue weighted by molar-refractivity contribution is -0.161. The van der Waals surface area contributed by atoms with Gasteiger partial charge in [0.15, 0.2) is 12.2 Å². The molecule has 0 radical (unpaired) electrons. The number of unbranched alkanes of at least 4 members (excludes halogenated alkanes) is 34. The topological polar surface area (TPSA) is 237 Å². The summed E-state index contributed by atoms with van der Waals surface area (Å²) in [6.45, 7) is 14.1. The molecular formula is C73H142O17P2. The van der Waals surface area contributed by atoms with Crippen molar-refractivity contribution in [1.82, 2.24) is 0 Å². The highest BCUT2D eigenvalue weighted by molar-refractivity contribution is 7.47. The Morgan fingerprint density at radius 2 is 0.522 bits per heavy atom. The van der Waals surface area contributed by atoms with Crippen molar-refractivity contribution >= 4 is 39.5 Å². The number of hydrogen-bond donors (Lipinski definition) is 3. The summed E-state index contributed by atoms with van der Waals surface area (Å²) in [6.07, 6.45) is 46.3. The Hall–Kier alpha value is -1.94. The number of rotatable bonds is 70. The molecule has 0 aliphatic heterocycles. The number of esters is 4. The molecule has 0 aliphatic rings. The van der Waals surface area contributed by atoms with Gasteiger partial charge in [-0.15, -0.1) is 0 Å². The van der Waals surface area contributed by atoms with E-state index in [9.17, 15) is 43.2 Å². The van der Waals surface area contributed by atoms with Crippen molar-refractivity contribution in [2.75, 3.05) is 39.6 Å². The summed E-state index contributed by atoms with van der Waals surface area (Å²) in [4.78, 5) is 72.5. The Kier molecular flexibility index (Phi) is 61.3. The van der Waals surface area contributed by atoms with E-state index in [0.717, 1.165) is 114 Å². The smallest absolute Gasteiger partial charge is 0.462 e. The number of phosphoric acid groups is 2. The van der Waals surface area contributed by atoms with Gasteiger partial charge in [-0.2, -0.15) is 0 Å². The quantitative estimate of drug-likeness (QED) is 0.0222. The van der Waals surface area contributed by atoms with Crippen LogP contribution in [0.3, 0.4) is 0 Å². The molecule has 0 aliphatic carbocycles. The number of phosphoric ester groups is 2. The van der Waals surface area contributed by atoms with E-state index in [-0.39, 0.29) is 25.7 Å². The zero-order valence-electron chi connectivity index (χ0n) is 60.2. The maximum Gasteiger partial charge on any atom is 0.472 e. The summed E-state index contributed by atoms with van der Waals surface area (Å²) < 4.78 is 68.3. The highest BCUT2D eigenvalue weighted by Crippen LogP contribution is 2.45. The van der Waals surface area contributed by atoms with E-state index in [1.165, 1.54) is 161 Å². The number of aliphatic hydroxyl groups excluding tert-OH is 1. The van der Waals surface area contributed by atoms with Crippen molar-refractivity contribution in [1.29, 1.82) is 0 Å². The monoisotopic (exact) mass is 1350 g/mol. The summed E-state index contributed by atoms with van der Waals surface area (Å²) >= 11 is 0. The first-order valence-electron chi connectivity index (χ1n) is 37.8. The summed E-state index contributed by atoms with van der Waals surface area (Å²) in [6, 6.07) is 0. The molecule has 0 amide bonds. The van der Waals surface area contributed by atoms with E-state index in [1.807, 2.05) is 0 Å². The minimum Gasteiger partial charge on any atom is -0.462 e. The average molecular weight is 1350 g/mol. The maximum absolute atomic E-state index is 13.0. The third-order valence-corrected chi connectivity index (χ3v) is 19.4. The van der Waals surface area contributed by atoms with Crippen molar-refractivity contribution in [2.24, 2.45) is 23.7 Å². The average Bonchev–Trinajstić information content (AvgIpc) is 1.79. The van der Waals surface area contributed by atoms with E-state index in [0.29, 0.717) is 31.6 Å². The van der Waals surface area contributed by atoms with Crippen molar-refractivity contribution < 1.29 is 80.2 Å². The molecule has 546 valence electrons. The van der Waals surface area contributed by atoms with Gasteiger partial charge in [0.2, 0.25) is 0 Å². The Labute approximate surface area is 562 Å². The van der Waals surface area contributed by atoms with E-state index in [2.05, 4.69) is 55.4 Å². The zero-order chi connectivity index (χ0) is 68.2. The minimum atomic E-state index is -4.95. The van der Waals surface area contributed by atoms with Crippen LogP contribution in [0.4, 0.5) is 0 Å². The molecule has 0 saturated heterocycles. The van der Waals surface area contributed by atoms with Crippen LogP contribution >= 0.6 is 15.6 Å². The third-order valence-electron chi connectivity index (χ3n) is 17.5. The molecule has 0 rings (SSSR count). The highest BCUT2D eigenvalue weighted by atomic mass is 31.2. The van der Waals surface area contributed by atoms with Crippen LogP contribution in [0.25, 0.3) is 0 Å². The molecule has 0 aromatic heterocycles. The number of ether oxygens (including phenoxy) is 4. The second-order valence-electron chi connectivity index (χ2n) is 27.8. The maximum atomic E-state index is 13.0. The fourth-order valence-electron chi connectivity index (χ4n) is 11.0. The molecule has 0 aromatic rings. The molecular weight excluding hydrogens is 1210 g/mol. The summed E-state index contributed by atoms with van der Waals surface area (Å²) in [7, 11) is -9.90. The highest BCUT2D eigenvalue weighted by Gasteiger charge is 2.30. The van der Waals surface area contributed by atoms with Crippen LogP contribution in [0.15, 0.2) is 0 Å². The standard InChI is InChI=1S/C73H142O17P2/c1-9-65(7)51-43-35-26-21-19-17-15-13-11-12-14-16-18-20-22-27-37-45-53-70(75)83-59-69(90-73(78)56-48-40-32-30-36-44-52-66(8)10-2)62-88-92(81,82)86-58-67(74)57-85-91(79,80)87-61-68(60-84-71(76)54-46-38-31-29-34-42-50-64(5)6)89-72(77)55-47-39-28-24-23-25-33-41-49-63(3)4/h63-69,74H,9-62H2,1-8H3,(H,79,80)(H,81,82)/t65?,66?,67-,68+,69+/m0/s1. The Balaban J connectivity index is 5.11. The Bertz CT molecular complexity index is 1820. The lowest BCUT2D eigenvalue weighted by Gasteiger charge is -2.21. The predicted molar refractivity (Wildman–Crippen MR) is 372 cm³/mol. The van der Waals surface area contributed by atoms with Crippen LogP contribution in [-0.2, 0) is 65.4 Å². The van der Waals surface area contributed by atoms with E-state index in [1.54, 1.807) is 0 Å². The molecule has 17 nitrogen and oxygen atoms in total. The second kappa shape index (κ2) is 62.6. The molecule has 0 heterocycles. The number of hydrogen-bond acceptors (Lipinski definition) is 15. The van der Waals surface area contributed by atoms with E-state index < -0.39 is 97.5 Å². The first kappa shape index (κ1) is 90.1. The summed E-state index contributed by atoms with van der Waals surface area (Å²) in [5.41, 5.74) is 0.